The highest BCUT2D eigenvalue weighted by atomic mass is 16.3. The third kappa shape index (κ3) is 26.9. The molecule has 258 valence electrons. The van der Waals surface area contributed by atoms with E-state index >= 15 is 0 Å². The van der Waals surface area contributed by atoms with Gasteiger partial charge in [0.2, 0.25) is 5.91 Å². The first-order valence-corrected chi connectivity index (χ1v) is 18.4. The average molecular weight is 622 g/mol. The fourth-order valence-corrected chi connectivity index (χ4v) is 5.29. The van der Waals surface area contributed by atoms with Crippen LogP contribution in [0.15, 0.2) is 36.5 Å². The van der Waals surface area contributed by atoms with E-state index in [1.165, 1.54) is 77.0 Å². The molecule has 4 atom stereocenters. The van der Waals surface area contributed by atoms with Crippen LogP contribution in [-0.2, 0) is 4.79 Å². The predicted molar refractivity (Wildman–Crippen MR) is 187 cm³/mol. The summed E-state index contributed by atoms with van der Waals surface area (Å²) in [5, 5.41) is 43.3. The topological polar surface area (TPSA) is 110 Å². The molecule has 0 fully saturated rings. The zero-order valence-electron chi connectivity index (χ0n) is 28.6. The predicted octanol–water partition coefficient (Wildman–Crippen LogP) is 8.62. The second-order valence-electron chi connectivity index (χ2n) is 12.5. The molecule has 0 rings (SSSR count). The van der Waals surface area contributed by atoms with Crippen LogP contribution in [0.25, 0.3) is 0 Å². The Morgan fingerprint density at radius 2 is 0.955 bits per heavy atom. The minimum Gasteiger partial charge on any atom is -0.394 e. The van der Waals surface area contributed by atoms with Crippen LogP contribution in [0.4, 0.5) is 0 Å². The van der Waals surface area contributed by atoms with Gasteiger partial charge in [-0.1, -0.05) is 127 Å². The van der Waals surface area contributed by atoms with E-state index in [4.69, 9.17) is 0 Å². The van der Waals surface area contributed by atoms with E-state index in [0.29, 0.717) is 19.3 Å². The second-order valence-corrected chi connectivity index (χ2v) is 12.5. The van der Waals surface area contributed by atoms with E-state index in [1.807, 2.05) is 0 Å². The van der Waals surface area contributed by atoms with Gasteiger partial charge in [-0.3, -0.25) is 4.79 Å². The Hall–Kier alpha value is -1.47. The standard InChI is InChI=1S/C38H71NO5/c1-3-5-7-9-11-13-15-16-17-18-19-20-22-23-25-27-29-31-35(41)37(43)34(33-40)39-38(44)36(42)32-30-28-26-24-21-14-12-10-8-6-4-2/h12,14,18-19,23,25,34-37,40-43H,3-11,13,15-17,20-22,24,26-33H2,1-2H3,(H,39,44)/b14-12-,19-18+,25-23+. The molecule has 6 heteroatoms. The zero-order chi connectivity index (χ0) is 32.5. The molecule has 0 aromatic carbocycles. The molecular weight excluding hydrogens is 550 g/mol. The fraction of sp³-hybridized carbons (Fsp3) is 0.816. The molecule has 0 spiro atoms. The summed E-state index contributed by atoms with van der Waals surface area (Å²) >= 11 is 0. The van der Waals surface area contributed by atoms with Crippen LogP contribution in [0.1, 0.15) is 168 Å². The molecule has 0 radical (unpaired) electrons. The first-order valence-electron chi connectivity index (χ1n) is 18.4. The van der Waals surface area contributed by atoms with Gasteiger partial charge >= 0.3 is 0 Å². The van der Waals surface area contributed by atoms with Crippen LogP contribution < -0.4 is 5.32 Å². The lowest BCUT2D eigenvalue weighted by Crippen LogP contribution is -2.53. The number of amides is 1. The molecule has 0 bridgehead atoms. The van der Waals surface area contributed by atoms with Crippen LogP contribution in [0, 0.1) is 0 Å². The molecule has 0 aliphatic heterocycles. The van der Waals surface area contributed by atoms with Gasteiger partial charge in [-0.2, -0.15) is 0 Å². The maximum absolute atomic E-state index is 12.4. The van der Waals surface area contributed by atoms with Crippen LogP contribution in [0.5, 0.6) is 0 Å². The fourth-order valence-electron chi connectivity index (χ4n) is 5.29. The monoisotopic (exact) mass is 622 g/mol. The minimum absolute atomic E-state index is 0.344. The Kier molecular flexibility index (Phi) is 31.8. The number of unbranched alkanes of at least 4 members (excludes halogenated alkanes) is 17. The summed E-state index contributed by atoms with van der Waals surface area (Å²) < 4.78 is 0. The molecule has 44 heavy (non-hydrogen) atoms. The quantitative estimate of drug-likeness (QED) is 0.0382. The average Bonchev–Trinajstić information content (AvgIpc) is 3.03. The molecular formula is C38H71NO5. The number of aliphatic hydroxyl groups excluding tert-OH is 4. The summed E-state index contributed by atoms with van der Waals surface area (Å²) in [4.78, 5) is 12.4. The Morgan fingerprint density at radius 1 is 0.545 bits per heavy atom. The van der Waals surface area contributed by atoms with Gasteiger partial charge in [-0.25, -0.2) is 0 Å². The lowest BCUT2D eigenvalue weighted by Gasteiger charge is -2.27. The number of hydrogen-bond acceptors (Lipinski definition) is 5. The number of rotatable bonds is 32. The SMILES string of the molecule is CCCCC/C=C\CCCCCCC(O)C(=O)NC(CO)C(O)C(O)CCC/C=C/CC/C=C/CCCCCCCCCC. The normalized spacial score (nSPS) is 15.0. The minimum atomic E-state index is -1.29. The Morgan fingerprint density at radius 3 is 1.48 bits per heavy atom. The van der Waals surface area contributed by atoms with Gasteiger partial charge in [0, 0.05) is 0 Å². The Labute approximate surface area is 271 Å². The summed E-state index contributed by atoms with van der Waals surface area (Å²) in [7, 11) is 0. The summed E-state index contributed by atoms with van der Waals surface area (Å²) in [5.41, 5.74) is 0. The van der Waals surface area contributed by atoms with E-state index in [1.54, 1.807) is 0 Å². The second kappa shape index (κ2) is 32.9. The van der Waals surface area contributed by atoms with E-state index in [-0.39, 0.29) is 0 Å². The summed E-state index contributed by atoms with van der Waals surface area (Å²) in [6.45, 7) is 3.97. The van der Waals surface area contributed by atoms with Crippen molar-refractivity contribution in [3.05, 3.63) is 36.5 Å². The van der Waals surface area contributed by atoms with Gasteiger partial charge in [-0.05, 0) is 77.0 Å². The maximum atomic E-state index is 12.4. The van der Waals surface area contributed by atoms with Crippen molar-refractivity contribution in [2.24, 2.45) is 0 Å². The third-order valence-electron chi connectivity index (χ3n) is 8.30. The molecule has 0 saturated heterocycles. The Bertz CT molecular complexity index is 707. The smallest absolute Gasteiger partial charge is 0.249 e. The number of allylic oxidation sites excluding steroid dienone is 6. The van der Waals surface area contributed by atoms with Gasteiger partial charge in [0.05, 0.1) is 18.8 Å². The molecule has 0 aromatic rings. The lowest BCUT2D eigenvalue weighted by atomic mass is 10.00. The molecule has 5 N–H and O–H groups in total. The summed E-state index contributed by atoms with van der Waals surface area (Å²) in [6.07, 6.45) is 36.0. The molecule has 0 saturated carbocycles. The molecule has 0 aliphatic rings. The van der Waals surface area contributed by atoms with Crippen molar-refractivity contribution < 1.29 is 25.2 Å². The third-order valence-corrected chi connectivity index (χ3v) is 8.30. The maximum Gasteiger partial charge on any atom is 0.249 e. The van der Waals surface area contributed by atoms with E-state index < -0.39 is 36.9 Å². The van der Waals surface area contributed by atoms with Gasteiger partial charge in [0.1, 0.15) is 12.2 Å². The first kappa shape index (κ1) is 42.5. The van der Waals surface area contributed by atoms with Crippen LogP contribution in [-0.4, -0.2) is 57.3 Å². The van der Waals surface area contributed by atoms with Crippen LogP contribution >= 0.6 is 0 Å². The first-order chi connectivity index (χ1) is 21.5. The van der Waals surface area contributed by atoms with E-state index in [2.05, 4.69) is 55.6 Å². The number of carbonyl (C=O) groups excluding carboxylic acids is 1. The zero-order valence-corrected chi connectivity index (χ0v) is 28.6. The van der Waals surface area contributed by atoms with Crippen molar-refractivity contribution in [2.75, 3.05) is 6.61 Å². The van der Waals surface area contributed by atoms with Gasteiger partial charge < -0.3 is 25.7 Å². The highest BCUT2D eigenvalue weighted by molar-refractivity contribution is 5.80. The van der Waals surface area contributed by atoms with Crippen molar-refractivity contribution >= 4 is 5.91 Å². The Balaban J connectivity index is 3.92. The largest absolute Gasteiger partial charge is 0.394 e. The number of carbonyl (C=O) groups is 1. The summed E-state index contributed by atoms with van der Waals surface area (Å²) in [6, 6.07) is -1.01. The van der Waals surface area contributed by atoms with Crippen molar-refractivity contribution in [1.29, 1.82) is 0 Å². The molecule has 0 heterocycles. The molecule has 0 aromatic heterocycles. The van der Waals surface area contributed by atoms with E-state index in [0.717, 1.165) is 57.8 Å². The number of aliphatic hydroxyl groups is 4. The lowest BCUT2D eigenvalue weighted by molar-refractivity contribution is -0.132. The highest BCUT2D eigenvalue weighted by Crippen LogP contribution is 2.13. The molecule has 1 amide bonds. The van der Waals surface area contributed by atoms with E-state index in [9.17, 15) is 25.2 Å². The van der Waals surface area contributed by atoms with Gasteiger partial charge in [0.15, 0.2) is 0 Å². The van der Waals surface area contributed by atoms with Crippen molar-refractivity contribution in [2.45, 2.75) is 192 Å². The van der Waals surface area contributed by atoms with Crippen LogP contribution in [0.3, 0.4) is 0 Å². The number of nitrogens with one attached hydrogen (secondary N) is 1. The van der Waals surface area contributed by atoms with Gasteiger partial charge in [-0.15, -0.1) is 0 Å². The molecule has 0 aliphatic carbocycles. The highest BCUT2D eigenvalue weighted by Gasteiger charge is 2.28. The van der Waals surface area contributed by atoms with Crippen molar-refractivity contribution in [1.82, 2.24) is 5.32 Å². The van der Waals surface area contributed by atoms with Crippen molar-refractivity contribution in [3.63, 3.8) is 0 Å². The van der Waals surface area contributed by atoms with Gasteiger partial charge in [0.25, 0.3) is 0 Å². The van der Waals surface area contributed by atoms with Crippen molar-refractivity contribution in [3.8, 4) is 0 Å². The van der Waals surface area contributed by atoms with Crippen LogP contribution in [0.2, 0.25) is 0 Å². The summed E-state index contributed by atoms with van der Waals surface area (Å²) in [5.74, 6) is -0.611. The molecule has 4 unspecified atom stereocenters. The molecule has 6 nitrogen and oxygen atoms in total. The number of hydrogen-bond donors (Lipinski definition) is 5.